The highest BCUT2D eigenvalue weighted by Gasteiger charge is 2.64. The molecule has 2 bridgehead atoms. The summed E-state index contributed by atoms with van der Waals surface area (Å²) in [5.74, 6) is 0.334. The van der Waals surface area contributed by atoms with Crippen LogP contribution in [0, 0.1) is 28.1 Å². The Kier molecular flexibility index (Phi) is 10.1. The van der Waals surface area contributed by atoms with Gasteiger partial charge in [-0.15, -0.1) is 0 Å². The molecule has 1 aromatic heterocycles. The van der Waals surface area contributed by atoms with Crippen molar-refractivity contribution in [2.24, 2.45) is 16.7 Å². The van der Waals surface area contributed by atoms with Crippen LogP contribution in [0.15, 0.2) is 71.7 Å². The molecule has 5 fully saturated rings. The smallest absolute Gasteiger partial charge is 0.275 e. The molecule has 3 atom stereocenters. The van der Waals surface area contributed by atoms with E-state index in [1.807, 2.05) is 30.3 Å². The highest BCUT2D eigenvalue weighted by atomic mass is 35.5. The summed E-state index contributed by atoms with van der Waals surface area (Å²) in [5, 5.41) is 20.8. The van der Waals surface area contributed by atoms with Crippen LogP contribution in [-0.4, -0.2) is 89.4 Å². The van der Waals surface area contributed by atoms with Crippen molar-refractivity contribution in [3.8, 4) is 11.8 Å². The lowest BCUT2D eigenvalue weighted by Gasteiger charge is -2.63. The highest BCUT2D eigenvalue weighted by molar-refractivity contribution is 6.31. The van der Waals surface area contributed by atoms with Gasteiger partial charge in [0.15, 0.2) is 0 Å². The van der Waals surface area contributed by atoms with Crippen molar-refractivity contribution in [3.63, 3.8) is 0 Å². The van der Waals surface area contributed by atoms with Gasteiger partial charge in [-0.1, -0.05) is 39.3 Å². The Bertz CT molecular complexity index is 2460. The number of rotatable bonds is 9. The summed E-state index contributed by atoms with van der Waals surface area (Å²) in [6, 6.07) is 21.1. The zero-order chi connectivity index (χ0) is 42.1. The molecule has 60 heavy (non-hydrogen) atoms. The van der Waals surface area contributed by atoms with Crippen LogP contribution in [0.2, 0.25) is 5.02 Å². The standard InChI is InChI=1S/C46H51ClN8O5/c1-45(2)43(46(3,4)44(45)60-35-11-7-29(22-48)37(47)21-35)51-40(57)28-5-8-31(9-6-28)52-17-15-27(16-18-52)24-53-25-34-20-33(53)26-54(34)32-10-12-36-30(19-32)23-49-55(42(36)59)38-13-14-39(56)50-41(38)58/h5-12,19,21,23,27,33-34,38,43-44H,13-18,20,24-26H2,1-4H3,(H,51,57)(H,50,56,58)/t33?,34?,38-,43-,44-/m0/s1. The lowest BCUT2D eigenvalue weighted by Crippen LogP contribution is -2.74. The zero-order valence-electron chi connectivity index (χ0n) is 34.5. The minimum absolute atomic E-state index is 0.0984. The number of halogens is 1. The fourth-order valence-corrected chi connectivity index (χ4v) is 11.3. The van der Waals surface area contributed by atoms with Crippen LogP contribution in [-0.2, 0) is 9.59 Å². The van der Waals surface area contributed by atoms with Gasteiger partial charge in [-0.05, 0) is 86.2 Å². The topological polar surface area (TPSA) is 153 Å². The van der Waals surface area contributed by atoms with Crippen molar-refractivity contribution >= 4 is 51.5 Å². The van der Waals surface area contributed by atoms with Crippen molar-refractivity contribution in [3.05, 3.63) is 93.4 Å². The number of imide groups is 1. The molecule has 3 amide bonds. The van der Waals surface area contributed by atoms with Gasteiger partial charge in [0.25, 0.3) is 17.4 Å². The summed E-state index contributed by atoms with van der Waals surface area (Å²) < 4.78 is 7.61. The summed E-state index contributed by atoms with van der Waals surface area (Å²) >= 11 is 6.26. The summed E-state index contributed by atoms with van der Waals surface area (Å²) in [6.07, 6.45) is 5.31. The van der Waals surface area contributed by atoms with Crippen LogP contribution in [0.5, 0.6) is 5.75 Å². The van der Waals surface area contributed by atoms with Gasteiger partial charge in [-0.2, -0.15) is 10.4 Å². The fourth-order valence-electron chi connectivity index (χ4n) is 11.1. The number of nitriles is 1. The van der Waals surface area contributed by atoms with E-state index in [1.165, 1.54) is 4.68 Å². The van der Waals surface area contributed by atoms with Gasteiger partial charge in [0.2, 0.25) is 5.91 Å². The zero-order valence-corrected chi connectivity index (χ0v) is 35.2. The number of nitrogens with zero attached hydrogens (tertiary/aromatic N) is 6. The molecule has 5 aliphatic rings. The van der Waals surface area contributed by atoms with E-state index in [9.17, 15) is 24.4 Å². The molecule has 14 heteroatoms. The molecule has 4 aromatic rings. The van der Waals surface area contributed by atoms with E-state index in [0.29, 0.717) is 45.3 Å². The average Bonchev–Trinajstić information content (AvgIpc) is 3.84. The molecule has 312 valence electrons. The number of ether oxygens (including phenoxy) is 1. The third kappa shape index (κ3) is 7.07. The first-order valence-electron chi connectivity index (χ1n) is 21.1. The number of piperazine rings is 1. The van der Waals surface area contributed by atoms with Crippen molar-refractivity contribution in [2.45, 2.75) is 90.1 Å². The first kappa shape index (κ1) is 40.0. The molecular formula is C46H51ClN8O5. The second-order valence-electron chi connectivity index (χ2n) is 18.6. The van der Waals surface area contributed by atoms with E-state index in [0.717, 1.165) is 68.7 Å². The van der Waals surface area contributed by atoms with Crippen LogP contribution >= 0.6 is 11.6 Å². The SMILES string of the molecule is CC1(C)[C@H](NC(=O)c2ccc(N3CCC(CN4CC5CC4CN5c4ccc5c(=O)n([C@H]6CCC(=O)NC6=O)ncc5c4)CC3)cc2)C(C)(C)[C@H]1Oc1ccc(C#N)c(Cl)c1. The van der Waals surface area contributed by atoms with E-state index in [-0.39, 0.29) is 53.2 Å². The first-order valence-corrected chi connectivity index (χ1v) is 21.5. The maximum atomic E-state index is 13.5. The largest absolute Gasteiger partial charge is 0.489 e. The number of likely N-dealkylation sites (tertiary alicyclic amines) is 1. The minimum atomic E-state index is -0.779. The number of hydrogen-bond acceptors (Lipinski definition) is 10. The minimum Gasteiger partial charge on any atom is -0.489 e. The molecule has 9 rings (SSSR count). The van der Waals surface area contributed by atoms with E-state index in [1.54, 1.807) is 24.4 Å². The number of anilines is 2. The van der Waals surface area contributed by atoms with E-state index < -0.39 is 11.9 Å². The van der Waals surface area contributed by atoms with Gasteiger partial charge in [0, 0.05) is 96.5 Å². The molecule has 1 aliphatic carbocycles. The summed E-state index contributed by atoms with van der Waals surface area (Å²) in [7, 11) is 0. The number of amides is 3. The quantitative estimate of drug-likeness (QED) is 0.201. The van der Waals surface area contributed by atoms with E-state index >= 15 is 0 Å². The lowest BCUT2D eigenvalue weighted by molar-refractivity contribution is -0.164. The Morgan fingerprint density at radius 2 is 1.68 bits per heavy atom. The number of benzene rings is 3. The predicted octanol–water partition coefficient (Wildman–Crippen LogP) is 5.69. The van der Waals surface area contributed by atoms with Crippen LogP contribution in [0.1, 0.15) is 81.8 Å². The second kappa shape index (κ2) is 15.2. The molecule has 2 unspecified atom stereocenters. The molecule has 0 spiro atoms. The summed E-state index contributed by atoms with van der Waals surface area (Å²) in [4.78, 5) is 58.4. The average molecular weight is 831 g/mol. The van der Waals surface area contributed by atoms with Crippen LogP contribution in [0.4, 0.5) is 11.4 Å². The lowest BCUT2D eigenvalue weighted by atomic mass is 9.49. The number of fused-ring (bicyclic) bond motifs is 3. The maximum absolute atomic E-state index is 13.5. The normalized spacial score (nSPS) is 26.1. The number of carbonyl (C=O) groups is 3. The van der Waals surface area contributed by atoms with Gasteiger partial charge in [0.05, 0.1) is 22.2 Å². The fraction of sp³-hybridized carbons (Fsp3) is 0.478. The van der Waals surface area contributed by atoms with Gasteiger partial charge >= 0.3 is 0 Å². The Hall–Kier alpha value is -5.45. The third-order valence-electron chi connectivity index (χ3n) is 14.0. The molecule has 0 radical (unpaired) electrons. The van der Waals surface area contributed by atoms with E-state index in [2.05, 4.69) is 76.3 Å². The van der Waals surface area contributed by atoms with Crippen LogP contribution in [0.3, 0.4) is 0 Å². The second-order valence-corrected chi connectivity index (χ2v) is 19.0. The summed E-state index contributed by atoms with van der Waals surface area (Å²) in [5.41, 5.74) is 2.27. The molecule has 3 aromatic carbocycles. The van der Waals surface area contributed by atoms with Crippen molar-refractivity contribution in [2.75, 3.05) is 42.5 Å². The molecule has 4 aliphatic heterocycles. The molecule has 1 saturated carbocycles. The number of hydrogen-bond donors (Lipinski definition) is 2. The van der Waals surface area contributed by atoms with Gasteiger partial charge < -0.3 is 19.9 Å². The Labute approximate surface area is 354 Å². The van der Waals surface area contributed by atoms with Crippen LogP contribution in [0.25, 0.3) is 10.8 Å². The van der Waals surface area contributed by atoms with Crippen molar-refractivity contribution < 1.29 is 19.1 Å². The van der Waals surface area contributed by atoms with Gasteiger partial charge in [-0.25, -0.2) is 4.68 Å². The number of nitrogens with one attached hydrogen (secondary N) is 2. The van der Waals surface area contributed by atoms with E-state index in [4.69, 9.17) is 16.3 Å². The number of aromatic nitrogens is 2. The summed E-state index contributed by atoms with van der Waals surface area (Å²) in [6.45, 7) is 13.5. The maximum Gasteiger partial charge on any atom is 0.275 e. The molecule has 5 heterocycles. The van der Waals surface area contributed by atoms with Crippen LogP contribution < -0.4 is 30.7 Å². The van der Waals surface area contributed by atoms with Gasteiger partial charge in [0.1, 0.15) is 24.0 Å². The first-order chi connectivity index (χ1) is 28.7. The molecule has 2 N–H and O–H groups in total. The predicted molar refractivity (Wildman–Crippen MR) is 229 cm³/mol. The van der Waals surface area contributed by atoms with Crippen molar-refractivity contribution in [1.29, 1.82) is 5.26 Å². The Morgan fingerprint density at radius 3 is 2.35 bits per heavy atom. The number of piperidine rings is 2. The Balaban J connectivity index is 0.750. The molecular weight excluding hydrogens is 780 g/mol. The third-order valence-corrected chi connectivity index (χ3v) is 14.3. The van der Waals surface area contributed by atoms with Crippen molar-refractivity contribution in [1.82, 2.24) is 25.3 Å². The van der Waals surface area contributed by atoms with Gasteiger partial charge in [-0.3, -0.25) is 29.4 Å². The number of carbonyl (C=O) groups excluding carboxylic acids is 3. The highest BCUT2D eigenvalue weighted by Crippen LogP contribution is 2.55. The molecule has 4 saturated heterocycles. The molecule has 13 nitrogen and oxygen atoms in total. The monoisotopic (exact) mass is 830 g/mol. The Morgan fingerprint density at radius 1 is 0.950 bits per heavy atom.